The maximum atomic E-state index is 15.1. The van der Waals surface area contributed by atoms with E-state index in [1.807, 2.05) is 39.0 Å². The van der Waals surface area contributed by atoms with Crippen molar-refractivity contribution in [1.29, 1.82) is 0 Å². The molecule has 4 rings (SSSR count). The summed E-state index contributed by atoms with van der Waals surface area (Å²) >= 11 is 0. The molecular weight excluding hydrogens is 385 g/mol. The van der Waals surface area contributed by atoms with Crippen LogP contribution in [-0.2, 0) is 16.8 Å². The van der Waals surface area contributed by atoms with Crippen molar-refractivity contribution in [2.75, 3.05) is 13.2 Å². The SMILES string of the molecule is CC(C)(C)n1nnnc1[C@H](c1ccccc1F)N(Cc1ccco1)C[C@@H]1CCCO1. The number of hydrogen-bond acceptors (Lipinski definition) is 6. The third-order valence-electron chi connectivity index (χ3n) is 5.34. The minimum atomic E-state index is -0.491. The molecule has 1 aliphatic heterocycles. The van der Waals surface area contributed by atoms with E-state index < -0.39 is 6.04 Å². The Morgan fingerprint density at radius 1 is 1.23 bits per heavy atom. The van der Waals surface area contributed by atoms with E-state index in [-0.39, 0.29) is 17.5 Å². The fourth-order valence-corrected chi connectivity index (χ4v) is 3.95. The summed E-state index contributed by atoms with van der Waals surface area (Å²) in [5, 5.41) is 12.5. The smallest absolute Gasteiger partial charge is 0.173 e. The molecule has 2 aromatic heterocycles. The molecule has 8 heteroatoms. The Morgan fingerprint density at radius 2 is 2.07 bits per heavy atom. The molecule has 1 aliphatic rings. The minimum absolute atomic E-state index is 0.0770. The Kier molecular flexibility index (Phi) is 5.97. The second kappa shape index (κ2) is 8.65. The van der Waals surface area contributed by atoms with Gasteiger partial charge in [0.1, 0.15) is 17.6 Å². The molecule has 30 heavy (non-hydrogen) atoms. The molecular formula is C22H28FN5O2. The van der Waals surface area contributed by atoms with E-state index in [1.54, 1.807) is 23.1 Å². The summed E-state index contributed by atoms with van der Waals surface area (Å²) in [4.78, 5) is 2.15. The summed E-state index contributed by atoms with van der Waals surface area (Å²) in [6.07, 6.45) is 3.73. The summed E-state index contributed by atoms with van der Waals surface area (Å²) < 4.78 is 28.4. The number of furan rings is 1. The number of aromatic nitrogens is 4. The maximum Gasteiger partial charge on any atom is 0.173 e. The first-order valence-electron chi connectivity index (χ1n) is 10.3. The van der Waals surface area contributed by atoms with E-state index >= 15 is 4.39 Å². The first-order chi connectivity index (χ1) is 14.4. The summed E-state index contributed by atoms with van der Waals surface area (Å²) in [6.45, 7) is 7.95. The van der Waals surface area contributed by atoms with Crippen LogP contribution in [0.4, 0.5) is 4.39 Å². The quantitative estimate of drug-likeness (QED) is 0.585. The zero-order chi connectivity index (χ0) is 21.1. The minimum Gasteiger partial charge on any atom is -0.468 e. The third-order valence-corrected chi connectivity index (χ3v) is 5.34. The van der Waals surface area contributed by atoms with E-state index in [0.717, 1.165) is 25.2 Å². The van der Waals surface area contributed by atoms with Gasteiger partial charge < -0.3 is 9.15 Å². The molecule has 3 aromatic rings. The van der Waals surface area contributed by atoms with E-state index in [4.69, 9.17) is 9.15 Å². The molecule has 0 radical (unpaired) electrons. The molecule has 7 nitrogen and oxygen atoms in total. The van der Waals surface area contributed by atoms with Gasteiger partial charge in [-0.15, -0.1) is 5.10 Å². The van der Waals surface area contributed by atoms with E-state index in [1.165, 1.54) is 6.07 Å². The zero-order valence-electron chi connectivity index (χ0n) is 17.7. The number of ether oxygens (including phenoxy) is 1. The van der Waals surface area contributed by atoms with Gasteiger partial charge in [0, 0.05) is 18.7 Å². The average molecular weight is 413 g/mol. The van der Waals surface area contributed by atoms with Gasteiger partial charge in [0.15, 0.2) is 5.82 Å². The van der Waals surface area contributed by atoms with Gasteiger partial charge in [0.25, 0.3) is 0 Å². The van der Waals surface area contributed by atoms with Crippen molar-refractivity contribution in [3.05, 3.63) is 65.6 Å². The summed E-state index contributed by atoms with van der Waals surface area (Å²) in [5.74, 6) is 1.10. The molecule has 1 saturated heterocycles. The Morgan fingerprint density at radius 3 is 2.73 bits per heavy atom. The Labute approximate surface area is 175 Å². The molecule has 3 heterocycles. The van der Waals surface area contributed by atoms with Crippen LogP contribution in [0.1, 0.15) is 56.8 Å². The van der Waals surface area contributed by atoms with Crippen LogP contribution in [0, 0.1) is 5.82 Å². The van der Waals surface area contributed by atoms with Crippen LogP contribution in [-0.4, -0.2) is 44.4 Å². The first-order valence-corrected chi connectivity index (χ1v) is 10.3. The van der Waals surface area contributed by atoms with Gasteiger partial charge in [0.2, 0.25) is 0 Å². The van der Waals surface area contributed by atoms with Gasteiger partial charge in [-0.05, 0) is 62.2 Å². The van der Waals surface area contributed by atoms with Crippen LogP contribution in [0.3, 0.4) is 0 Å². The number of tetrazole rings is 1. The van der Waals surface area contributed by atoms with Gasteiger partial charge >= 0.3 is 0 Å². The lowest BCUT2D eigenvalue weighted by Crippen LogP contribution is -2.39. The highest BCUT2D eigenvalue weighted by Gasteiger charge is 2.35. The topological polar surface area (TPSA) is 69.2 Å². The van der Waals surface area contributed by atoms with Crippen LogP contribution in [0.5, 0.6) is 0 Å². The summed E-state index contributed by atoms with van der Waals surface area (Å²) in [6, 6.07) is 10.1. The van der Waals surface area contributed by atoms with Crippen LogP contribution in [0.15, 0.2) is 47.1 Å². The molecule has 2 atom stereocenters. The molecule has 0 N–H and O–H groups in total. The number of nitrogens with zero attached hydrogens (tertiary/aromatic N) is 5. The van der Waals surface area contributed by atoms with Crippen molar-refractivity contribution < 1.29 is 13.5 Å². The maximum absolute atomic E-state index is 15.1. The van der Waals surface area contributed by atoms with Crippen molar-refractivity contribution in [3.63, 3.8) is 0 Å². The highest BCUT2D eigenvalue weighted by Crippen LogP contribution is 2.33. The molecule has 0 unspecified atom stereocenters. The Balaban J connectivity index is 1.81. The second-order valence-corrected chi connectivity index (χ2v) is 8.69. The van der Waals surface area contributed by atoms with E-state index in [0.29, 0.717) is 24.5 Å². The number of rotatable bonds is 7. The molecule has 0 aliphatic carbocycles. The highest BCUT2D eigenvalue weighted by molar-refractivity contribution is 5.27. The van der Waals surface area contributed by atoms with Crippen molar-refractivity contribution in [3.8, 4) is 0 Å². The zero-order valence-corrected chi connectivity index (χ0v) is 17.7. The predicted octanol–water partition coefficient (Wildman–Crippen LogP) is 3.93. The van der Waals surface area contributed by atoms with Crippen molar-refractivity contribution in [1.82, 2.24) is 25.1 Å². The number of benzene rings is 1. The van der Waals surface area contributed by atoms with Gasteiger partial charge in [-0.25, -0.2) is 9.07 Å². The average Bonchev–Trinajstić information content (AvgIpc) is 3.45. The Hall–Kier alpha value is -2.58. The normalized spacial score (nSPS) is 18.2. The van der Waals surface area contributed by atoms with E-state index in [2.05, 4.69) is 20.4 Å². The molecule has 0 spiro atoms. The van der Waals surface area contributed by atoms with Crippen LogP contribution in [0.25, 0.3) is 0 Å². The van der Waals surface area contributed by atoms with Crippen LogP contribution in [0.2, 0.25) is 0 Å². The molecule has 1 aromatic carbocycles. The fourth-order valence-electron chi connectivity index (χ4n) is 3.95. The van der Waals surface area contributed by atoms with Crippen molar-refractivity contribution >= 4 is 0 Å². The van der Waals surface area contributed by atoms with E-state index in [9.17, 15) is 0 Å². The number of hydrogen-bond donors (Lipinski definition) is 0. The standard InChI is InChI=1S/C22H28FN5O2/c1-22(2,3)28-21(24-25-26-28)20(18-10-4-5-11-19(18)23)27(14-16-8-6-12-29-16)15-17-9-7-13-30-17/h4-6,8,10-12,17,20H,7,9,13-15H2,1-3H3/t17-,20-/m0/s1. The summed E-state index contributed by atoms with van der Waals surface area (Å²) in [7, 11) is 0. The fraction of sp³-hybridized carbons (Fsp3) is 0.500. The van der Waals surface area contributed by atoms with Crippen molar-refractivity contribution in [2.45, 2.75) is 57.8 Å². The third kappa shape index (κ3) is 4.44. The number of halogens is 1. The lowest BCUT2D eigenvalue weighted by atomic mass is 10.0. The largest absolute Gasteiger partial charge is 0.468 e. The summed E-state index contributed by atoms with van der Waals surface area (Å²) in [5.41, 5.74) is 0.171. The van der Waals surface area contributed by atoms with Gasteiger partial charge in [-0.1, -0.05) is 18.2 Å². The lowest BCUT2D eigenvalue weighted by molar-refractivity contribution is 0.0532. The molecule has 0 amide bonds. The molecule has 160 valence electrons. The molecule has 0 saturated carbocycles. The predicted molar refractivity (Wildman–Crippen MR) is 109 cm³/mol. The molecule has 0 bridgehead atoms. The monoisotopic (exact) mass is 413 g/mol. The second-order valence-electron chi connectivity index (χ2n) is 8.69. The van der Waals surface area contributed by atoms with Crippen LogP contribution >= 0.6 is 0 Å². The van der Waals surface area contributed by atoms with Gasteiger partial charge in [-0.3, -0.25) is 4.90 Å². The van der Waals surface area contributed by atoms with Gasteiger partial charge in [-0.2, -0.15) is 0 Å². The van der Waals surface area contributed by atoms with Crippen LogP contribution < -0.4 is 0 Å². The first kappa shape index (κ1) is 20.7. The molecule has 1 fully saturated rings. The lowest BCUT2D eigenvalue weighted by Gasteiger charge is -2.34. The Bertz CT molecular complexity index is 945. The van der Waals surface area contributed by atoms with Crippen molar-refractivity contribution in [2.24, 2.45) is 0 Å². The highest BCUT2D eigenvalue weighted by atomic mass is 19.1. The van der Waals surface area contributed by atoms with Gasteiger partial charge in [0.05, 0.1) is 24.5 Å².